The van der Waals surface area contributed by atoms with Gasteiger partial charge in [0.2, 0.25) is 5.76 Å². The van der Waals surface area contributed by atoms with E-state index >= 15 is 0 Å². The first-order valence-electron chi connectivity index (χ1n) is 10.2. The minimum Gasteiger partial charge on any atom is -0.497 e. The van der Waals surface area contributed by atoms with E-state index in [1.807, 2.05) is 67.8 Å². The van der Waals surface area contributed by atoms with Crippen LogP contribution in [-0.2, 0) is 0 Å². The molecule has 2 heterocycles. The van der Waals surface area contributed by atoms with Gasteiger partial charge in [-0.15, -0.1) is 11.8 Å². The molecule has 1 aliphatic rings. The van der Waals surface area contributed by atoms with Gasteiger partial charge in [-0.3, -0.25) is 14.5 Å². The maximum absolute atomic E-state index is 13.7. The van der Waals surface area contributed by atoms with E-state index in [9.17, 15) is 9.59 Å². The Balaban J connectivity index is 1.79. The molecule has 160 valence electrons. The van der Waals surface area contributed by atoms with Crippen LogP contribution < -0.4 is 15.1 Å². The number of carbonyl (C=O) groups is 1. The third-order valence-corrected chi connectivity index (χ3v) is 6.53. The number of nitrogens with zero attached hydrogens (tertiary/aromatic N) is 1. The van der Waals surface area contributed by atoms with Gasteiger partial charge in [0, 0.05) is 16.6 Å². The van der Waals surface area contributed by atoms with Gasteiger partial charge >= 0.3 is 0 Å². The van der Waals surface area contributed by atoms with Gasteiger partial charge in [0.25, 0.3) is 5.91 Å². The molecule has 5 rings (SSSR count). The Hall–Kier alpha value is -3.51. The van der Waals surface area contributed by atoms with E-state index in [-0.39, 0.29) is 17.1 Å². The van der Waals surface area contributed by atoms with Gasteiger partial charge in [-0.1, -0.05) is 29.8 Å². The van der Waals surface area contributed by atoms with Crippen LogP contribution in [-0.4, -0.2) is 19.3 Å². The quantitative estimate of drug-likeness (QED) is 0.385. The molecule has 0 radical (unpaired) electrons. The Labute approximate surface area is 189 Å². The monoisotopic (exact) mass is 443 g/mol. The average molecular weight is 444 g/mol. The Morgan fingerprint density at radius 2 is 1.78 bits per heavy atom. The summed E-state index contributed by atoms with van der Waals surface area (Å²) in [6.07, 6.45) is 2.01. The normalized spacial score (nSPS) is 15.3. The van der Waals surface area contributed by atoms with Crippen LogP contribution in [0.5, 0.6) is 5.75 Å². The summed E-state index contributed by atoms with van der Waals surface area (Å²) in [5.41, 5.74) is 3.04. The van der Waals surface area contributed by atoms with Crippen LogP contribution in [0.15, 0.2) is 80.8 Å². The highest BCUT2D eigenvalue weighted by atomic mass is 32.2. The van der Waals surface area contributed by atoms with Crippen LogP contribution in [0.2, 0.25) is 0 Å². The molecular formula is C26H21NO4S. The fourth-order valence-electron chi connectivity index (χ4n) is 4.21. The van der Waals surface area contributed by atoms with Crippen molar-refractivity contribution in [2.24, 2.45) is 0 Å². The number of thioether (sulfide) groups is 1. The van der Waals surface area contributed by atoms with E-state index in [0.717, 1.165) is 16.0 Å². The SMILES string of the molecule is COc1cccc(N2C(=O)c3oc4ccc(C)cc4c(=O)c3C2c2ccc(SC)cc2)c1. The van der Waals surface area contributed by atoms with E-state index in [1.165, 1.54) is 0 Å². The van der Waals surface area contributed by atoms with Crippen LogP contribution in [0.4, 0.5) is 5.69 Å². The highest BCUT2D eigenvalue weighted by molar-refractivity contribution is 7.98. The van der Waals surface area contributed by atoms with Crippen molar-refractivity contribution in [3.63, 3.8) is 0 Å². The van der Waals surface area contributed by atoms with Crippen molar-refractivity contribution < 1.29 is 13.9 Å². The Morgan fingerprint density at radius 3 is 2.50 bits per heavy atom. The second-order valence-corrected chi connectivity index (χ2v) is 8.61. The molecule has 0 bridgehead atoms. The minimum atomic E-state index is -0.596. The molecule has 1 amide bonds. The Morgan fingerprint density at radius 1 is 1.00 bits per heavy atom. The lowest BCUT2D eigenvalue weighted by molar-refractivity contribution is 0.0971. The minimum absolute atomic E-state index is 0.0908. The van der Waals surface area contributed by atoms with E-state index in [0.29, 0.717) is 28.0 Å². The molecule has 1 atom stereocenters. The van der Waals surface area contributed by atoms with Crippen LogP contribution in [0.3, 0.4) is 0 Å². The zero-order chi connectivity index (χ0) is 22.4. The number of anilines is 1. The lowest BCUT2D eigenvalue weighted by Crippen LogP contribution is -2.29. The highest BCUT2D eigenvalue weighted by Crippen LogP contribution is 2.42. The van der Waals surface area contributed by atoms with Crippen molar-refractivity contribution in [2.45, 2.75) is 17.9 Å². The number of aryl methyl sites for hydroxylation is 1. The molecule has 0 N–H and O–H groups in total. The van der Waals surface area contributed by atoms with Crippen LogP contribution in [0.1, 0.15) is 33.3 Å². The lowest BCUT2D eigenvalue weighted by atomic mass is 9.98. The third kappa shape index (κ3) is 3.19. The topological polar surface area (TPSA) is 59.8 Å². The first kappa shape index (κ1) is 20.4. The first-order valence-corrected chi connectivity index (χ1v) is 11.4. The summed E-state index contributed by atoms with van der Waals surface area (Å²) in [5.74, 6) is 0.377. The number of amides is 1. The van der Waals surface area contributed by atoms with Gasteiger partial charge in [-0.05, 0) is 55.1 Å². The fourth-order valence-corrected chi connectivity index (χ4v) is 4.62. The van der Waals surface area contributed by atoms with Gasteiger partial charge in [0.15, 0.2) is 5.43 Å². The number of benzene rings is 3. The number of hydrogen-bond donors (Lipinski definition) is 0. The molecule has 0 saturated carbocycles. The largest absolute Gasteiger partial charge is 0.497 e. The molecule has 0 saturated heterocycles. The number of hydrogen-bond acceptors (Lipinski definition) is 5. The predicted molar refractivity (Wildman–Crippen MR) is 127 cm³/mol. The zero-order valence-corrected chi connectivity index (χ0v) is 18.7. The van der Waals surface area contributed by atoms with Gasteiger partial charge in [-0.2, -0.15) is 0 Å². The average Bonchev–Trinajstić information content (AvgIpc) is 3.12. The van der Waals surface area contributed by atoms with Crippen molar-refractivity contribution in [1.82, 2.24) is 0 Å². The number of rotatable bonds is 4. The summed E-state index contributed by atoms with van der Waals surface area (Å²) in [6, 6.07) is 20.0. The second kappa shape index (κ2) is 7.88. The Bertz CT molecular complexity index is 1410. The fraction of sp³-hybridized carbons (Fsp3) is 0.154. The van der Waals surface area contributed by atoms with E-state index in [4.69, 9.17) is 9.15 Å². The van der Waals surface area contributed by atoms with Crippen molar-refractivity contribution in [3.05, 3.63) is 99.4 Å². The smallest absolute Gasteiger partial charge is 0.295 e. The van der Waals surface area contributed by atoms with Crippen molar-refractivity contribution >= 4 is 34.3 Å². The summed E-state index contributed by atoms with van der Waals surface area (Å²) in [6.45, 7) is 1.93. The standard InChI is InChI=1S/C26H21NO4S/c1-15-7-12-21-20(13-15)24(28)22-23(16-8-10-19(32-3)11-9-16)27(26(29)25(22)31-21)17-5-4-6-18(14-17)30-2/h4-14,23H,1-3H3. The van der Waals surface area contributed by atoms with Gasteiger partial charge < -0.3 is 9.15 Å². The molecule has 0 spiro atoms. The van der Waals surface area contributed by atoms with Crippen LogP contribution in [0, 0.1) is 6.92 Å². The number of methoxy groups -OCH3 is 1. The molecular weight excluding hydrogens is 422 g/mol. The third-order valence-electron chi connectivity index (χ3n) is 5.79. The summed E-state index contributed by atoms with van der Waals surface area (Å²) in [7, 11) is 1.58. The second-order valence-electron chi connectivity index (χ2n) is 7.73. The highest BCUT2D eigenvalue weighted by Gasteiger charge is 2.43. The molecule has 6 heteroatoms. The lowest BCUT2D eigenvalue weighted by Gasteiger charge is -2.25. The molecule has 1 aromatic heterocycles. The van der Waals surface area contributed by atoms with Gasteiger partial charge in [0.05, 0.1) is 24.1 Å². The van der Waals surface area contributed by atoms with E-state index in [1.54, 1.807) is 35.9 Å². The van der Waals surface area contributed by atoms with Crippen molar-refractivity contribution in [2.75, 3.05) is 18.3 Å². The van der Waals surface area contributed by atoms with E-state index in [2.05, 4.69) is 0 Å². The number of carbonyl (C=O) groups excluding carboxylic acids is 1. The summed E-state index contributed by atoms with van der Waals surface area (Å²) < 4.78 is 11.4. The summed E-state index contributed by atoms with van der Waals surface area (Å²) in [4.78, 5) is 30.0. The number of ether oxygens (including phenoxy) is 1. The maximum Gasteiger partial charge on any atom is 0.295 e. The molecule has 1 unspecified atom stereocenters. The Kier molecular flexibility index (Phi) is 5.02. The van der Waals surface area contributed by atoms with E-state index < -0.39 is 6.04 Å². The molecule has 3 aromatic carbocycles. The van der Waals surface area contributed by atoms with Crippen LogP contribution in [0.25, 0.3) is 11.0 Å². The van der Waals surface area contributed by atoms with Crippen molar-refractivity contribution in [3.8, 4) is 5.75 Å². The van der Waals surface area contributed by atoms with Gasteiger partial charge in [-0.25, -0.2) is 0 Å². The molecule has 1 aliphatic heterocycles. The maximum atomic E-state index is 13.7. The van der Waals surface area contributed by atoms with Gasteiger partial charge in [0.1, 0.15) is 11.3 Å². The first-order chi connectivity index (χ1) is 15.5. The zero-order valence-electron chi connectivity index (χ0n) is 17.9. The van der Waals surface area contributed by atoms with Crippen molar-refractivity contribution in [1.29, 1.82) is 0 Å². The number of fused-ring (bicyclic) bond motifs is 2. The molecule has 0 aliphatic carbocycles. The molecule has 32 heavy (non-hydrogen) atoms. The molecule has 5 nitrogen and oxygen atoms in total. The van der Waals surface area contributed by atoms with Crippen LogP contribution >= 0.6 is 11.8 Å². The molecule has 4 aromatic rings. The molecule has 0 fully saturated rings. The predicted octanol–water partition coefficient (Wildman–Crippen LogP) is 5.58. The summed E-state index contributed by atoms with van der Waals surface area (Å²) >= 11 is 1.64. The summed E-state index contributed by atoms with van der Waals surface area (Å²) in [5, 5.41) is 0.481.